The van der Waals surface area contributed by atoms with Crippen LogP contribution in [0.5, 0.6) is 0 Å². The number of hydrogen-bond donors (Lipinski definition) is 1. The molecular formula is C17H25N3O5. The fourth-order valence-corrected chi connectivity index (χ4v) is 2.98. The highest BCUT2D eigenvalue weighted by Gasteiger charge is 2.48. The lowest BCUT2D eigenvalue weighted by Gasteiger charge is -2.20. The Hall–Kier alpha value is -1.77. The van der Waals surface area contributed by atoms with Gasteiger partial charge < -0.3 is 24.3 Å². The zero-order valence-corrected chi connectivity index (χ0v) is 15.0. The standard InChI is InChI=1S/C17H25N3O5/c1-17(2,3)12-5-6-18-16(20-12)19-10-7-24-15-11(8-25-14(10)15)23-9-13(21)22-4/h5-6,10-11,14-15H,7-9H2,1-4H3,(H,18,19,20)/t10-,11+,14+,15+/m0/s1. The summed E-state index contributed by atoms with van der Waals surface area (Å²) in [6.07, 6.45) is 1.09. The Labute approximate surface area is 147 Å². The molecule has 25 heavy (non-hydrogen) atoms. The van der Waals surface area contributed by atoms with Crippen molar-refractivity contribution in [3.63, 3.8) is 0 Å². The molecule has 1 N–H and O–H groups in total. The summed E-state index contributed by atoms with van der Waals surface area (Å²) in [6, 6.07) is 1.86. The van der Waals surface area contributed by atoms with Crippen molar-refractivity contribution < 1.29 is 23.7 Å². The van der Waals surface area contributed by atoms with Crippen LogP contribution in [0.25, 0.3) is 0 Å². The number of methoxy groups -OCH3 is 1. The monoisotopic (exact) mass is 351 g/mol. The number of aromatic nitrogens is 2. The molecule has 0 saturated carbocycles. The van der Waals surface area contributed by atoms with E-state index in [1.165, 1.54) is 7.11 Å². The molecule has 2 saturated heterocycles. The molecule has 8 nitrogen and oxygen atoms in total. The predicted molar refractivity (Wildman–Crippen MR) is 89.4 cm³/mol. The number of hydrogen-bond acceptors (Lipinski definition) is 8. The van der Waals surface area contributed by atoms with Crippen LogP contribution >= 0.6 is 0 Å². The average molecular weight is 351 g/mol. The summed E-state index contributed by atoms with van der Waals surface area (Å²) in [5, 5.41) is 3.30. The Morgan fingerprint density at radius 3 is 2.80 bits per heavy atom. The minimum Gasteiger partial charge on any atom is -0.467 e. The van der Waals surface area contributed by atoms with E-state index in [9.17, 15) is 4.79 Å². The van der Waals surface area contributed by atoms with Gasteiger partial charge in [0.2, 0.25) is 5.95 Å². The lowest BCUT2D eigenvalue weighted by molar-refractivity contribution is -0.149. The molecule has 2 aliphatic heterocycles. The van der Waals surface area contributed by atoms with Gasteiger partial charge in [0, 0.05) is 11.6 Å². The third kappa shape index (κ3) is 4.08. The Morgan fingerprint density at radius 1 is 1.32 bits per heavy atom. The van der Waals surface area contributed by atoms with Crippen molar-refractivity contribution in [3.8, 4) is 0 Å². The molecule has 2 aliphatic rings. The fraction of sp³-hybridized carbons (Fsp3) is 0.706. The second-order valence-electron chi connectivity index (χ2n) is 7.29. The first-order chi connectivity index (χ1) is 11.9. The molecule has 2 fully saturated rings. The molecule has 3 heterocycles. The van der Waals surface area contributed by atoms with Crippen LogP contribution < -0.4 is 5.32 Å². The van der Waals surface area contributed by atoms with Crippen LogP contribution in [-0.4, -0.2) is 67.2 Å². The normalized spacial score (nSPS) is 28.6. The van der Waals surface area contributed by atoms with Crippen molar-refractivity contribution >= 4 is 11.9 Å². The van der Waals surface area contributed by atoms with Crippen molar-refractivity contribution in [3.05, 3.63) is 18.0 Å². The van der Waals surface area contributed by atoms with E-state index in [-0.39, 0.29) is 36.4 Å². The molecule has 0 radical (unpaired) electrons. The summed E-state index contributed by atoms with van der Waals surface area (Å²) >= 11 is 0. The van der Waals surface area contributed by atoms with Gasteiger partial charge in [-0.25, -0.2) is 14.8 Å². The fourth-order valence-electron chi connectivity index (χ4n) is 2.98. The molecule has 8 heteroatoms. The molecule has 4 atom stereocenters. The summed E-state index contributed by atoms with van der Waals surface area (Å²) in [5.74, 6) is 0.146. The number of nitrogens with one attached hydrogen (secondary N) is 1. The van der Waals surface area contributed by atoms with Gasteiger partial charge in [-0.1, -0.05) is 20.8 Å². The molecule has 1 aromatic rings. The van der Waals surface area contributed by atoms with E-state index in [2.05, 4.69) is 40.8 Å². The summed E-state index contributed by atoms with van der Waals surface area (Å²) < 4.78 is 21.8. The zero-order chi connectivity index (χ0) is 18.0. The summed E-state index contributed by atoms with van der Waals surface area (Å²) in [7, 11) is 1.33. The first-order valence-electron chi connectivity index (χ1n) is 8.40. The predicted octanol–water partition coefficient (Wildman–Crippen LogP) is 0.910. The van der Waals surface area contributed by atoms with Crippen LogP contribution in [0.15, 0.2) is 12.3 Å². The first-order valence-corrected chi connectivity index (χ1v) is 8.40. The highest BCUT2D eigenvalue weighted by Crippen LogP contribution is 2.30. The van der Waals surface area contributed by atoms with Gasteiger partial charge in [-0.2, -0.15) is 0 Å². The third-order valence-electron chi connectivity index (χ3n) is 4.39. The van der Waals surface area contributed by atoms with Gasteiger partial charge in [-0.3, -0.25) is 0 Å². The number of carbonyl (C=O) groups excluding carboxylic acids is 1. The van der Waals surface area contributed by atoms with Crippen LogP contribution in [-0.2, 0) is 29.2 Å². The van der Waals surface area contributed by atoms with Crippen LogP contribution in [0, 0.1) is 0 Å². The molecule has 0 spiro atoms. The maximum absolute atomic E-state index is 11.2. The van der Waals surface area contributed by atoms with E-state index in [1.54, 1.807) is 6.20 Å². The highest BCUT2D eigenvalue weighted by atomic mass is 16.6. The smallest absolute Gasteiger partial charge is 0.331 e. The topological polar surface area (TPSA) is 91.8 Å². The molecule has 3 rings (SSSR count). The van der Waals surface area contributed by atoms with Crippen molar-refractivity contribution in [1.82, 2.24) is 9.97 Å². The van der Waals surface area contributed by atoms with Crippen LogP contribution in [0.4, 0.5) is 5.95 Å². The van der Waals surface area contributed by atoms with E-state index in [4.69, 9.17) is 14.2 Å². The van der Waals surface area contributed by atoms with E-state index in [1.807, 2.05) is 6.07 Å². The van der Waals surface area contributed by atoms with Crippen molar-refractivity contribution in [2.24, 2.45) is 0 Å². The Kier molecular flexibility index (Phi) is 5.21. The third-order valence-corrected chi connectivity index (χ3v) is 4.39. The molecule has 138 valence electrons. The minimum atomic E-state index is -0.413. The lowest BCUT2D eigenvalue weighted by Crippen LogP contribution is -2.37. The van der Waals surface area contributed by atoms with Gasteiger partial charge in [0.05, 0.1) is 32.1 Å². The molecule has 0 unspecified atom stereocenters. The quantitative estimate of drug-likeness (QED) is 0.783. The van der Waals surface area contributed by atoms with Gasteiger partial charge in [-0.15, -0.1) is 0 Å². The Morgan fingerprint density at radius 2 is 2.08 bits per heavy atom. The van der Waals surface area contributed by atoms with Gasteiger partial charge in [0.1, 0.15) is 24.9 Å². The highest BCUT2D eigenvalue weighted by molar-refractivity contribution is 5.70. The van der Waals surface area contributed by atoms with Crippen molar-refractivity contribution in [2.75, 3.05) is 32.2 Å². The maximum Gasteiger partial charge on any atom is 0.331 e. The van der Waals surface area contributed by atoms with Crippen molar-refractivity contribution in [2.45, 2.75) is 50.5 Å². The van der Waals surface area contributed by atoms with Crippen LogP contribution in [0.3, 0.4) is 0 Å². The molecule has 0 aromatic carbocycles. The second kappa shape index (κ2) is 7.23. The number of fused-ring (bicyclic) bond motifs is 1. The van der Waals surface area contributed by atoms with Gasteiger partial charge >= 0.3 is 5.97 Å². The Balaban J connectivity index is 1.60. The average Bonchev–Trinajstić information content (AvgIpc) is 3.15. The largest absolute Gasteiger partial charge is 0.467 e. The zero-order valence-electron chi connectivity index (χ0n) is 15.0. The second-order valence-corrected chi connectivity index (χ2v) is 7.29. The summed E-state index contributed by atoms with van der Waals surface area (Å²) in [5.41, 5.74) is 0.914. The maximum atomic E-state index is 11.2. The van der Waals surface area contributed by atoms with Crippen LogP contribution in [0.2, 0.25) is 0 Å². The number of carbonyl (C=O) groups is 1. The van der Waals surface area contributed by atoms with E-state index in [0.29, 0.717) is 19.2 Å². The van der Waals surface area contributed by atoms with E-state index in [0.717, 1.165) is 5.69 Å². The van der Waals surface area contributed by atoms with Gasteiger partial charge in [0.15, 0.2) is 0 Å². The number of ether oxygens (including phenoxy) is 4. The molecule has 0 bridgehead atoms. The first kappa shape index (κ1) is 18.0. The lowest BCUT2D eigenvalue weighted by atomic mass is 9.92. The molecule has 1 aromatic heterocycles. The number of esters is 1. The van der Waals surface area contributed by atoms with Gasteiger partial charge in [0.25, 0.3) is 0 Å². The van der Waals surface area contributed by atoms with E-state index >= 15 is 0 Å². The Bertz CT molecular complexity index is 619. The molecule has 0 amide bonds. The minimum absolute atomic E-state index is 0.0508. The van der Waals surface area contributed by atoms with Crippen molar-refractivity contribution in [1.29, 1.82) is 0 Å². The molecular weight excluding hydrogens is 326 g/mol. The molecule has 0 aliphatic carbocycles. The van der Waals surface area contributed by atoms with E-state index < -0.39 is 5.97 Å². The number of nitrogens with zero attached hydrogens (tertiary/aromatic N) is 2. The van der Waals surface area contributed by atoms with Gasteiger partial charge in [-0.05, 0) is 6.07 Å². The number of rotatable bonds is 5. The summed E-state index contributed by atoms with van der Waals surface area (Å²) in [6.45, 7) is 7.07. The van der Waals surface area contributed by atoms with Crippen LogP contribution in [0.1, 0.15) is 26.5 Å². The number of anilines is 1. The summed E-state index contributed by atoms with van der Waals surface area (Å²) in [4.78, 5) is 20.1. The SMILES string of the molecule is COC(=O)CO[C@@H]1CO[C@H]2[C@@H]1OC[C@@H]2Nc1nccc(C(C)(C)C)n1.